The Morgan fingerprint density at radius 3 is 3.06 bits per heavy atom. The molecule has 1 unspecified atom stereocenters. The third-order valence-electron chi connectivity index (χ3n) is 3.18. The van der Waals surface area contributed by atoms with Crippen LogP contribution in [0.5, 0.6) is 0 Å². The molecule has 3 N–H and O–H groups in total. The van der Waals surface area contributed by atoms with Crippen LogP contribution in [0.15, 0.2) is 6.33 Å². The Morgan fingerprint density at radius 2 is 2.29 bits per heavy atom. The van der Waals surface area contributed by atoms with Gasteiger partial charge < -0.3 is 15.7 Å². The molecule has 0 amide bonds. The molecule has 1 aromatic rings. The van der Waals surface area contributed by atoms with E-state index in [0.29, 0.717) is 22.7 Å². The standard InChI is InChI=1S/C11H17ClN4O/c12-10-9(13)11(15-7-14-10)16-5-2-1-3-8(16)4-6-17/h7-8,17H,1-6,13H2. The predicted octanol–water partition coefficient (Wildman–Crippen LogP) is 1.45. The van der Waals surface area contributed by atoms with Crippen LogP contribution >= 0.6 is 11.6 Å². The van der Waals surface area contributed by atoms with Crippen LogP contribution in [0, 0.1) is 0 Å². The van der Waals surface area contributed by atoms with Gasteiger partial charge in [-0.05, 0) is 25.7 Å². The fraction of sp³-hybridized carbons (Fsp3) is 0.636. The van der Waals surface area contributed by atoms with E-state index >= 15 is 0 Å². The molecule has 0 aliphatic carbocycles. The van der Waals surface area contributed by atoms with Gasteiger partial charge in [-0.25, -0.2) is 9.97 Å². The van der Waals surface area contributed by atoms with Crippen molar-refractivity contribution in [1.29, 1.82) is 0 Å². The first kappa shape index (κ1) is 12.4. The van der Waals surface area contributed by atoms with E-state index in [-0.39, 0.29) is 6.61 Å². The molecule has 94 valence electrons. The van der Waals surface area contributed by atoms with Crippen molar-refractivity contribution in [3.05, 3.63) is 11.5 Å². The van der Waals surface area contributed by atoms with Crippen molar-refractivity contribution in [3.8, 4) is 0 Å². The number of nitrogens with zero attached hydrogens (tertiary/aromatic N) is 3. The van der Waals surface area contributed by atoms with Crippen LogP contribution in [0.4, 0.5) is 11.5 Å². The Kier molecular flexibility index (Phi) is 4.02. The summed E-state index contributed by atoms with van der Waals surface area (Å²) in [4.78, 5) is 10.2. The highest BCUT2D eigenvalue weighted by Crippen LogP contribution is 2.31. The van der Waals surface area contributed by atoms with Crippen molar-refractivity contribution in [1.82, 2.24) is 9.97 Å². The largest absolute Gasteiger partial charge is 0.396 e. The molecular weight excluding hydrogens is 240 g/mol. The number of aliphatic hydroxyl groups excluding tert-OH is 1. The van der Waals surface area contributed by atoms with Crippen molar-refractivity contribution in [2.45, 2.75) is 31.7 Å². The van der Waals surface area contributed by atoms with Crippen LogP contribution in [0.3, 0.4) is 0 Å². The minimum Gasteiger partial charge on any atom is -0.396 e. The summed E-state index contributed by atoms with van der Waals surface area (Å²) in [5.41, 5.74) is 6.34. The minimum atomic E-state index is 0.180. The zero-order valence-electron chi connectivity index (χ0n) is 9.64. The Morgan fingerprint density at radius 1 is 1.47 bits per heavy atom. The monoisotopic (exact) mass is 256 g/mol. The van der Waals surface area contributed by atoms with Crippen LogP contribution in [0.2, 0.25) is 5.15 Å². The zero-order chi connectivity index (χ0) is 12.3. The quantitative estimate of drug-likeness (QED) is 0.801. The van der Waals surface area contributed by atoms with Gasteiger partial charge in [-0.1, -0.05) is 11.6 Å². The van der Waals surface area contributed by atoms with Gasteiger partial charge in [0.05, 0.1) is 0 Å². The number of nitrogen functional groups attached to an aromatic ring is 1. The molecule has 0 radical (unpaired) electrons. The number of rotatable bonds is 3. The fourth-order valence-electron chi connectivity index (χ4n) is 2.32. The Bertz CT molecular complexity index is 386. The summed E-state index contributed by atoms with van der Waals surface area (Å²) in [6.45, 7) is 1.09. The summed E-state index contributed by atoms with van der Waals surface area (Å²) < 4.78 is 0. The van der Waals surface area contributed by atoms with E-state index in [0.717, 1.165) is 25.8 Å². The van der Waals surface area contributed by atoms with Crippen molar-refractivity contribution >= 4 is 23.1 Å². The molecule has 0 bridgehead atoms. The van der Waals surface area contributed by atoms with Gasteiger partial charge in [-0.3, -0.25) is 0 Å². The molecule has 2 rings (SSSR count). The maximum atomic E-state index is 9.09. The van der Waals surface area contributed by atoms with E-state index in [9.17, 15) is 0 Å². The van der Waals surface area contributed by atoms with Crippen molar-refractivity contribution in [2.75, 3.05) is 23.8 Å². The van der Waals surface area contributed by atoms with E-state index in [1.807, 2.05) is 0 Å². The third-order valence-corrected chi connectivity index (χ3v) is 3.48. The number of piperidine rings is 1. The van der Waals surface area contributed by atoms with Crippen LogP contribution < -0.4 is 10.6 Å². The van der Waals surface area contributed by atoms with E-state index < -0.39 is 0 Å². The second kappa shape index (κ2) is 5.51. The molecule has 0 spiro atoms. The number of aromatic nitrogens is 2. The molecule has 1 aliphatic heterocycles. The van der Waals surface area contributed by atoms with Crippen LogP contribution in [0.25, 0.3) is 0 Å². The van der Waals surface area contributed by atoms with Crippen molar-refractivity contribution < 1.29 is 5.11 Å². The SMILES string of the molecule is Nc1c(Cl)ncnc1N1CCCCC1CCO. The summed E-state index contributed by atoms with van der Waals surface area (Å²) in [7, 11) is 0. The van der Waals surface area contributed by atoms with Crippen molar-refractivity contribution in [2.24, 2.45) is 0 Å². The lowest BCUT2D eigenvalue weighted by atomic mass is 9.99. The Hall–Kier alpha value is -1.07. The van der Waals surface area contributed by atoms with Gasteiger partial charge in [0.1, 0.15) is 12.0 Å². The van der Waals surface area contributed by atoms with E-state index in [4.69, 9.17) is 22.4 Å². The summed E-state index contributed by atoms with van der Waals surface area (Å²) in [5.74, 6) is 0.697. The average Bonchev–Trinajstić information content (AvgIpc) is 2.34. The first-order valence-corrected chi connectivity index (χ1v) is 6.25. The lowest BCUT2D eigenvalue weighted by molar-refractivity contribution is 0.262. The van der Waals surface area contributed by atoms with Crippen LogP contribution in [-0.2, 0) is 0 Å². The number of halogens is 1. The molecule has 1 fully saturated rings. The molecule has 6 heteroatoms. The number of hydrogen-bond donors (Lipinski definition) is 2. The molecule has 0 aromatic carbocycles. The van der Waals surface area contributed by atoms with E-state index in [1.54, 1.807) is 0 Å². The zero-order valence-corrected chi connectivity index (χ0v) is 10.4. The predicted molar refractivity (Wildman–Crippen MR) is 68.1 cm³/mol. The van der Waals surface area contributed by atoms with Gasteiger partial charge in [0.25, 0.3) is 0 Å². The Labute approximate surface area is 106 Å². The smallest absolute Gasteiger partial charge is 0.157 e. The summed E-state index contributed by atoms with van der Waals surface area (Å²) in [6, 6.07) is 0.294. The fourth-order valence-corrected chi connectivity index (χ4v) is 2.45. The van der Waals surface area contributed by atoms with Gasteiger partial charge in [0.15, 0.2) is 11.0 Å². The van der Waals surface area contributed by atoms with Gasteiger partial charge >= 0.3 is 0 Å². The normalized spacial score (nSPS) is 20.6. The molecular formula is C11H17ClN4O. The number of hydrogen-bond acceptors (Lipinski definition) is 5. The minimum absolute atomic E-state index is 0.180. The number of anilines is 2. The second-order valence-electron chi connectivity index (χ2n) is 4.26. The van der Waals surface area contributed by atoms with Gasteiger partial charge in [0, 0.05) is 19.2 Å². The van der Waals surface area contributed by atoms with Crippen molar-refractivity contribution in [3.63, 3.8) is 0 Å². The highest BCUT2D eigenvalue weighted by Gasteiger charge is 2.25. The maximum absolute atomic E-state index is 9.09. The first-order valence-electron chi connectivity index (χ1n) is 5.87. The first-order chi connectivity index (χ1) is 8.24. The lowest BCUT2D eigenvalue weighted by Crippen LogP contribution is -2.41. The molecule has 17 heavy (non-hydrogen) atoms. The molecule has 5 nitrogen and oxygen atoms in total. The third kappa shape index (κ3) is 2.61. The number of aliphatic hydroxyl groups is 1. The number of nitrogens with two attached hydrogens (primary N) is 1. The highest BCUT2D eigenvalue weighted by molar-refractivity contribution is 6.32. The van der Waals surface area contributed by atoms with Gasteiger partial charge in [-0.2, -0.15) is 0 Å². The van der Waals surface area contributed by atoms with Crippen LogP contribution in [-0.4, -0.2) is 34.3 Å². The second-order valence-corrected chi connectivity index (χ2v) is 4.62. The van der Waals surface area contributed by atoms with Gasteiger partial charge in [0.2, 0.25) is 0 Å². The van der Waals surface area contributed by atoms with E-state index in [2.05, 4.69) is 14.9 Å². The molecule has 1 aromatic heterocycles. The van der Waals surface area contributed by atoms with Crippen LogP contribution in [0.1, 0.15) is 25.7 Å². The molecule has 2 heterocycles. The lowest BCUT2D eigenvalue weighted by Gasteiger charge is -2.37. The molecule has 1 aliphatic rings. The average molecular weight is 257 g/mol. The molecule has 0 saturated carbocycles. The van der Waals surface area contributed by atoms with E-state index in [1.165, 1.54) is 12.7 Å². The molecule has 1 saturated heterocycles. The maximum Gasteiger partial charge on any atom is 0.157 e. The Balaban J connectivity index is 2.26. The van der Waals surface area contributed by atoms with Gasteiger partial charge in [-0.15, -0.1) is 0 Å². The summed E-state index contributed by atoms with van der Waals surface area (Å²) in [6.07, 6.45) is 5.52. The summed E-state index contributed by atoms with van der Waals surface area (Å²) >= 11 is 5.91. The summed E-state index contributed by atoms with van der Waals surface area (Å²) in [5, 5.41) is 9.39. The molecule has 1 atom stereocenters. The highest BCUT2D eigenvalue weighted by atomic mass is 35.5. The topological polar surface area (TPSA) is 75.3 Å².